The van der Waals surface area contributed by atoms with E-state index >= 15 is 0 Å². The minimum Gasteiger partial charge on any atom is -0.394 e. The third kappa shape index (κ3) is 2.85. The van der Waals surface area contributed by atoms with Crippen LogP contribution in [-0.2, 0) is 4.74 Å². The summed E-state index contributed by atoms with van der Waals surface area (Å²) in [5, 5.41) is 19.7. The van der Waals surface area contributed by atoms with E-state index in [-0.39, 0.29) is 24.4 Å². The number of aliphatic hydroxyl groups excluding tert-OH is 1. The summed E-state index contributed by atoms with van der Waals surface area (Å²) >= 11 is 0. The van der Waals surface area contributed by atoms with Crippen LogP contribution in [0.25, 0.3) is 0 Å². The molecule has 114 valence electrons. The molecule has 5 heteroatoms. The van der Waals surface area contributed by atoms with Crippen molar-refractivity contribution < 1.29 is 9.84 Å². The zero-order valence-corrected chi connectivity index (χ0v) is 12.8. The second kappa shape index (κ2) is 5.28. The summed E-state index contributed by atoms with van der Waals surface area (Å²) in [6.07, 6.45) is 4.91. The average Bonchev–Trinajstić information content (AvgIpc) is 3.13. The average molecular weight is 281 g/mol. The Hall–Kier alpha value is -0.650. The van der Waals surface area contributed by atoms with Gasteiger partial charge in [-0.25, -0.2) is 0 Å². The maximum Gasteiger partial charge on any atom is 0.149 e. The molecule has 5 nitrogen and oxygen atoms in total. The predicted octanol–water partition coefficient (Wildman–Crippen LogP) is 1.53. The summed E-state index contributed by atoms with van der Waals surface area (Å²) in [4.78, 5) is 0. The standard InChI is InChI=1S/C15H27N3O2/c1-15(2,3)12-9-13-16-11(10-4-5-10)8-14(18(13)17-12)20-7-6-19/h10-11,13-14,16,19H,4-9H2,1-3H3. The molecule has 0 radical (unpaired) electrons. The van der Waals surface area contributed by atoms with Gasteiger partial charge in [-0.3, -0.25) is 10.3 Å². The molecule has 2 aliphatic heterocycles. The van der Waals surface area contributed by atoms with Crippen LogP contribution in [-0.4, -0.2) is 47.5 Å². The molecule has 3 unspecified atom stereocenters. The van der Waals surface area contributed by atoms with Crippen LogP contribution < -0.4 is 5.32 Å². The maximum absolute atomic E-state index is 9.01. The summed E-state index contributed by atoms with van der Waals surface area (Å²) in [5.41, 5.74) is 1.35. The molecular weight excluding hydrogens is 254 g/mol. The van der Waals surface area contributed by atoms with Gasteiger partial charge in [-0.05, 0) is 18.8 Å². The second-order valence-corrected chi connectivity index (χ2v) is 7.29. The normalized spacial score (nSPS) is 34.1. The van der Waals surface area contributed by atoms with Gasteiger partial charge in [-0.1, -0.05) is 20.8 Å². The van der Waals surface area contributed by atoms with Gasteiger partial charge in [0.2, 0.25) is 0 Å². The molecule has 20 heavy (non-hydrogen) atoms. The van der Waals surface area contributed by atoms with Gasteiger partial charge in [-0.2, -0.15) is 5.10 Å². The Morgan fingerprint density at radius 3 is 2.75 bits per heavy atom. The van der Waals surface area contributed by atoms with Crippen molar-refractivity contribution >= 4 is 5.71 Å². The summed E-state index contributed by atoms with van der Waals surface area (Å²) in [7, 11) is 0. The Labute approximate surface area is 121 Å². The van der Waals surface area contributed by atoms with E-state index in [4.69, 9.17) is 14.9 Å². The number of nitrogens with one attached hydrogen (secondary N) is 1. The zero-order valence-electron chi connectivity index (χ0n) is 12.8. The van der Waals surface area contributed by atoms with Crippen LogP contribution in [0.4, 0.5) is 0 Å². The number of fused-ring (bicyclic) bond motifs is 1. The van der Waals surface area contributed by atoms with E-state index in [1.807, 2.05) is 0 Å². The van der Waals surface area contributed by atoms with Crippen LogP contribution in [0.1, 0.15) is 46.5 Å². The Morgan fingerprint density at radius 2 is 2.15 bits per heavy atom. The third-order valence-corrected chi connectivity index (χ3v) is 4.56. The molecule has 2 fully saturated rings. The lowest BCUT2D eigenvalue weighted by molar-refractivity contribution is -0.118. The highest BCUT2D eigenvalue weighted by Crippen LogP contribution is 2.40. The third-order valence-electron chi connectivity index (χ3n) is 4.56. The number of ether oxygens (including phenoxy) is 1. The molecule has 0 spiro atoms. The molecule has 3 aliphatic rings. The first-order valence-corrected chi connectivity index (χ1v) is 7.84. The van der Waals surface area contributed by atoms with Crippen LogP contribution in [0, 0.1) is 11.3 Å². The number of aliphatic hydroxyl groups is 1. The molecule has 2 N–H and O–H groups in total. The first-order chi connectivity index (χ1) is 9.49. The molecule has 3 rings (SSSR count). The van der Waals surface area contributed by atoms with Crippen molar-refractivity contribution in [1.29, 1.82) is 0 Å². The Balaban J connectivity index is 1.73. The minimum absolute atomic E-state index is 0.0128. The fourth-order valence-corrected chi connectivity index (χ4v) is 3.18. The minimum atomic E-state index is 0.0128. The van der Waals surface area contributed by atoms with Gasteiger partial charge >= 0.3 is 0 Å². The maximum atomic E-state index is 9.01. The van der Waals surface area contributed by atoms with E-state index in [0.717, 1.165) is 18.8 Å². The molecule has 0 amide bonds. The van der Waals surface area contributed by atoms with Crippen molar-refractivity contribution in [2.24, 2.45) is 16.4 Å². The van der Waals surface area contributed by atoms with E-state index in [9.17, 15) is 0 Å². The molecule has 1 saturated carbocycles. The van der Waals surface area contributed by atoms with Gasteiger partial charge in [0.05, 0.1) is 13.2 Å². The largest absolute Gasteiger partial charge is 0.394 e. The van der Waals surface area contributed by atoms with Gasteiger partial charge in [0.15, 0.2) is 0 Å². The molecule has 0 aromatic carbocycles. The molecule has 0 bridgehead atoms. The van der Waals surface area contributed by atoms with Crippen LogP contribution in [0.15, 0.2) is 5.10 Å². The molecular formula is C15H27N3O2. The summed E-state index contributed by atoms with van der Waals surface area (Å²) < 4.78 is 5.84. The molecule has 0 aromatic heterocycles. The highest BCUT2D eigenvalue weighted by Gasteiger charge is 2.45. The number of hydrogen-bond donors (Lipinski definition) is 2. The van der Waals surface area contributed by atoms with Crippen molar-refractivity contribution in [3.05, 3.63) is 0 Å². The van der Waals surface area contributed by atoms with Crippen molar-refractivity contribution in [3.63, 3.8) is 0 Å². The number of hydrogen-bond acceptors (Lipinski definition) is 5. The van der Waals surface area contributed by atoms with E-state index < -0.39 is 0 Å². The Bertz CT molecular complexity index is 387. The second-order valence-electron chi connectivity index (χ2n) is 7.29. The van der Waals surface area contributed by atoms with Gasteiger partial charge < -0.3 is 9.84 Å². The SMILES string of the molecule is CC(C)(C)C1=NN2C(C1)NC(C1CC1)CC2OCCO. The van der Waals surface area contributed by atoms with E-state index in [1.54, 1.807) is 0 Å². The van der Waals surface area contributed by atoms with Crippen molar-refractivity contribution in [2.75, 3.05) is 13.2 Å². The van der Waals surface area contributed by atoms with Crippen LogP contribution in [0.2, 0.25) is 0 Å². The highest BCUT2D eigenvalue weighted by molar-refractivity contribution is 5.90. The van der Waals surface area contributed by atoms with Gasteiger partial charge in [0.1, 0.15) is 12.4 Å². The fraction of sp³-hybridized carbons (Fsp3) is 0.933. The molecule has 0 aromatic rings. The summed E-state index contributed by atoms with van der Waals surface area (Å²) in [5.74, 6) is 0.816. The Morgan fingerprint density at radius 1 is 1.40 bits per heavy atom. The fourth-order valence-electron chi connectivity index (χ4n) is 3.18. The van der Waals surface area contributed by atoms with Gasteiger partial charge in [-0.15, -0.1) is 0 Å². The monoisotopic (exact) mass is 281 g/mol. The van der Waals surface area contributed by atoms with Crippen LogP contribution in [0.3, 0.4) is 0 Å². The lowest BCUT2D eigenvalue weighted by atomic mass is 9.87. The van der Waals surface area contributed by atoms with Crippen LogP contribution in [0.5, 0.6) is 0 Å². The smallest absolute Gasteiger partial charge is 0.149 e. The number of nitrogens with zero attached hydrogens (tertiary/aromatic N) is 2. The van der Waals surface area contributed by atoms with Crippen molar-refractivity contribution in [2.45, 2.75) is 64.9 Å². The van der Waals surface area contributed by atoms with Gasteiger partial charge in [0, 0.05) is 30.0 Å². The zero-order chi connectivity index (χ0) is 14.3. The molecule has 3 atom stereocenters. The van der Waals surface area contributed by atoms with Crippen molar-refractivity contribution in [3.8, 4) is 0 Å². The number of rotatable bonds is 4. The van der Waals surface area contributed by atoms with Crippen LogP contribution >= 0.6 is 0 Å². The lowest BCUT2D eigenvalue weighted by Gasteiger charge is -2.41. The Kier molecular flexibility index (Phi) is 3.77. The van der Waals surface area contributed by atoms with Crippen molar-refractivity contribution in [1.82, 2.24) is 10.3 Å². The summed E-state index contributed by atoms with van der Waals surface area (Å²) in [6.45, 7) is 7.11. The molecule has 2 heterocycles. The van der Waals surface area contributed by atoms with E-state index in [1.165, 1.54) is 18.6 Å². The summed E-state index contributed by atoms with van der Waals surface area (Å²) in [6, 6.07) is 0.550. The lowest BCUT2D eigenvalue weighted by Crippen LogP contribution is -2.58. The quantitative estimate of drug-likeness (QED) is 0.820. The van der Waals surface area contributed by atoms with Gasteiger partial charge in [0.25, 0.3) is 0 Å². The first kappa shape index (κ1) is 14.3. The topological polar surface area (TPSA) is 57.1 Å². The van der Waals surface area contributed by atoms with E-state index in [2.05, 4.69) is 31.1 Å². The predicted molar refractivity (Wildman–Crippen MR) is 78.2 cm³/mol. The van der Waals surface area contributed by atoms with E-state index in [0.29, 0.717) is 12.6 Å². The molecule has 1 saturated heterocycles. The number of hydrazone groups is 1. The highest BCUT2D eigenvalue weighted by atomic mass is 16.5. The molecule has 1 aliphatic carbocycles. The first-order valence-electron chi connectivity index (χ1n) is 7.84.